The molecule has 0 aliphatic heterocycles. The van der Waals surface area contributed by atoms with Crippen molar-refractivity contribution >= 4 is 5.97 Å². The van der Waals surface area contributed by atoms with Gasteiger partial charge in [0.1, 0.15) is 0 Å². The number of hydrogen-bond acceptors (Lipinski definition) is 2. The van der Waals surface area contributed by atoms with Crippen molar-refractivity contribution in [3.05, 3.63) is 17.0 Å². The molecule has 0 atom stereocenters. The Morgan fingerprint density at radius 2 is 2.42 bits per heavy atom. The maximum Gasteiger partial charge on any atom is 0.309 e. The summed E-state index contributed by atoms with van der Waals surface area (Å²) in [5, 5.41) is 15.4. The van der Waals surface area contributed by atoms with Gasteiger partial charge >= 0.3 is 5.97 Å². The topological polar surface area (TPSA) is 66.0 Å². The summed E-state index contributed by atoms with van der Waals surface area (Å²) < 4.78 is 0. The molecule has 1 aromatic rings. The molecular weight excluding hydrogens is 156 g/mol. The highest BCUT2D eigenvalue weighted by atomic mass is 16.4. The van der Waals surface area contributed by atoms with Gasteiger partial charge in [-0.15, -0.1) is 0 Å². The molecule has 0 radical (unpaired) electrons. The Balaban J connectivity index is 2.27. The number of nitrogens with zero attached hydrogens (tertiary/aromatic N) is 1. The highest BCUT2D eigenvalue weighted by molar-refractivity contribution is 5.70. The summed E-state index contributed by atoms with van der Waals surface area (Å²) in [4.78, 5) is 10.4. The zero-order valence-electron chi connectivity index (χ0n) is 6.63. The van der Waals surface area contributed by atoms with Crippen LogP contribution in [-0.2, 0) is 24.1 Å². The average molecular weight is 166 g/mol. The van der Waals surface area contributed by atoms with Gasteiger partial charge in [-0.2, -0.15) is 5.10 Å². The lowest BCUT2D eigenvalue weighted by atomic mass is 10.1. The Bertz CT molecular complexity index is 317. The number of carboxylic acid groups (broad SMARTS) is 1. The van der Waals surface area contributed by atoms with Gasteiger partial charge in [-0.05, 0) is 24.8 Å². The Morgan fingerprint density at radius 1 is 1.58 bits per heavy atom. The number of rotatable bonds is 2. The third kappa shape index (κ3) is 1.09. The van der Waals surface area contributed by atoms with Crippen molar-refractivity contribution in [1.82, 2.24) is 10.2 Å². The molecule has 2 N–H and O–H groups in total. The number of fused-ring (bicyclic) bond motifs is 1. The molecule has 2 rings (SSSR count). The van der Waals surface area contributed by atoms with E-state index in [1.165, 1.54) is 0 Å². The van der Waals surface area contributed by atoms with Crippen molar-refractivity contribution in [1.29, 1.82) is 0 Å². The van der Waals surface area contributed by atoms with Gasteiger partial charge in [-0.1, -0.05) is 0 Å². The van der Waals surface area contributed by atoms with Crippen LogP contribution in [0.15, 0.2) is 0 Å². The van der Waals surface area contributed by atoms with E-state index in [-0.39, 0.29) is 6.42 Å². The van der Waals surface area contributed by atoms with Gasteiger partial charge < -0.3 is 5.11 Å². The zero-order valence-corrected chi connectivity index (χ0v) is 6.63. The fraction of sp³-hybridized carbons (Fsp3) is 0.500. The van der Waals surface area contributed by atoms with Crippen molar-refractivity contribution in [2.75, 3.05) is 0 Å². The number of H-pyrrole nitrogens is 1. The maximum absolute atomic E-state index is 10.4. The van der Waals surface area contributed by atoms with Crippen LogP contribution in [0.4, 0.5) is 0 Å². The molecule has 0 unspecified atom stereocenters. The molecule has 64 valence electrons. The standard InChI is InChI=1S/C8H10N2O2/c11-8(12)4-7-5-2-1-3-6(5)9-10-7/h1-4H2,(H,9,10)(H,11,12). The fourth-order valence-corrected chi connectivity index (χ4v) is 1.68. The van der Waals surface area contributed by atoms with E-state index in [2.05, 4.69) is 10.2 Å². The van der Waals surface area contributed by atoms with E-state index in [1.807, 2.05) is 0 Å². The summed E-state index contributed by atoms with van der Waals surface area (Å²) in [7, 11) is 0. The van der Waals surface area contributed by atoms with Gasteiger partial charge in [0.05, 0.1) is 12.1 Å². The molecule has 0 saturated carbocycles. The molecule has 0 spiro atoms. The van der Waals surface area contributed by atoms with E-state index >= 15 is 0 Å². The molecule has 1 aromatic heterocycles. The lowest BCUT2D eigenvalue weighted by Crippen LogP contribution is -2.02. The van der Waals surface area contributed by atoms with Gasteiger partial charge in [-0.3, -0.25) is 9.89 Å². The van der Waals surface area contributed by atoms with Crippen LogP contribution in [0, 0.1) is 0 Å². The Kier molecular flexibility index (Phi) is 1.60. The largest absolute Gasteiger partial charge is 0.481 e. The first kappa shape index (κ1) is 7.34. The van der Waals surface area contributed by atoms with Crippen molar-refractivity contribution in [3.8, 4) is 0 Å². The predicted molar refractivity (Wildman–Crippen MR) is 42.0 cm³/mol. The van der Waals surface area contributed by atoms with E-state index in [0.29, 0.717) is 0 Å². The highest BCUT2D eigenvalue weighted by Crippen LogP contribution is 2.22. The van der Waals surface area contributed by atoms with Gasteiger partial charge in [0, 0.05) is 5.69 Å². The Labute approximate surface area is 69.6 Å². The van der Waals surface area contributed by atoms with E-state index in [9.17, 15) is 4.79 Å². The summed E-state index contributed by atoms with van der Waals surface area (Å²) in [6.45, 7) is 0. The summed E-state index contributed by atoms with van der Waals surface area (Å²) in [6, 6.07) is 0. The maximum atomic E-state index is 10.4. The van der Waals surface area contributed by atoms with Gasteiger partial charge in [0.15, 0.2) is 0 Å². The van der Waals surface area contributed by atoms with Crippen LogP contribution >= 0.6 is 0 Å². The normalized spacial score (nSPS) is 14.7. The van der Waals surface area contributed by atoms with Gasteiger partial charge in [0.2, 0.25) is 0 Å². The summed E-state index contributed by atoms with van der Waals surface area (Å²) in [6.07, 6.45) is 3.17. The molecule has 0 saturated heterocycles. The number of aryl methyl sites for hydroxylation is 1. The van der Waals surface area contributed by atoms with Crippen LogP contribution in [0.2, 0.25) is 0 Å². The lowest BCUT2D eigenvalue weighted by Gasteiger charge is -1.92. The molecule has 0 aromatic carbocycles. The van der Waals surface area contributed by atoms with Crippen molar-refractivity contribution in [2.24, 2.45) is 0 Å². The number of aromatic amines is 1. The minimum atomic E-state index is -0.809. The summed E-state index contributed by atoms with van der Waals surface area (Å²) >= 11 is 0. The van der Waals surface area contributed by atoms with E-state index in [4.69, 9.17) is 5.11 Å². The molecule has 0 fully saturated rings. The first-order valence-corrected chi connectivity index (χ1v) is 4.04. The first-order valence-electron chi connectivity index (χ1n) is 4.04. The number of aromatic nitrogens is 2. The second-order valence-corrected chi connectivity index (χ2v) is 3.05. The summed E-state index contributed by atoms with van der Waals surface area (Å²) in [5.74, 6) is -0.809. The average Bonchev–Trinajstić information content (AvgIpc) is 2.52. The Hall–Kier alpha value is -1.32. The minimum Gasteiger partial charge on any atom is -0.481 e. The fourth-order valence-electron chi connectivity index (χ4n) is 1.68. The smallest absolute Gasteiger partial charge is 0.309 e. The monoisotopic (exact) mass is 166 g/mol. The molecule has 1 heterocycles. The first-order chi connectivity index (χ1) is 5.77. The quantitative estimate of drug-likeness (QED) is 0.673. The summed E-state index contributed by atoms with van der Waals surface area (Å²) in [5.41, 5.74) is 2.98. The van der Waals surface area contributed by atoms with Crippen LogP contribution in [0.5, 0.6) is 0 Å². The van der Waals surface area contributed by atoms with Crippen molar-refractivity contribution in [3.63, 3.8) is 0 Å². The molecule has 0 bridgehead atoms. The number of aliphatic carboxylic acids is 1. The van der Waals surface area contributed by atoms with E-state index in [1.54, 1.807) is 0 Å². The minimum absolute atomic E-state index is 0.0475. The molecule has 0 amide bonds. The van der Waals surface area contributed by atoms with Crippen molar-refractivity contribution in [2.45, 2.75) is 25.7 Å². The molecular formula is C8H10N2O2. The number of nitrogens with one attached hydrogen (secondary N) is 1. The predicted octanol–water partition coefficient (Wildman–Crippen LogP) is 0.525. The zero-order chi connectivity index (χ0) is 8.55. The second kappa shape index (κ2) is 2.62. The molecule has 12 heavy (non-hydrogen) atoms. The SMILES string of the molecule is O=C(O)Cc1n[nH]c2c1CCC2. The lowest BCUT2D eigenvalue weighted by molar-refractivity contribution is -0.136. The third-order valence-electron chi connectivity index (χ3n) is 2.21. The molecule has 4 nitrogen and oxygen atoms in total. The number of hydrogen-bond donors (Lipinski definition) is 2. The molecule has 4 heteroatoms. The van der Waals surface area contributed by atoms with Crippen LogP contribution in [0.25, 0.3) is 0 Å². The third-order valence-corrected chi connectivity index (χ3v) is 2.21. The van der Waals surface area contributed by atoms with Gasteiger partial charge in [-0.25, -0.2) is 0 Å². The molecule has 1 aliphatic rings. The van der Waals surface area contributed by atoms with Crippen LogP contribution in [0.1, 0.15) is 23.4 Å². The van der Waals surface area contributed by atoms with Gasteiger partial charge in [0.25, 0.3) is 0 Å². The number of carbonyl (C=O) groups is 1. The number of carboxylic acids is 1. The van der Waals surface area contributed by atoms with Crippen molar-refractivity contribution < 1.29 is 9.90 Å². The molecule has 1 aliphatic carbocycles. The Morgan fingerprint density at radius 3 is 3.17 bits per heavy atom. The van der Waals surface area contributed by atoms with Crippen LogP contribution in [0.3, 0.4) is 0 Å². The van der Waals surface area contributed by atoms with E-state index in [0.717, 1.165) is 36.2 Å². The van der Waals surface area contributed by atoms with E-state index < -0.39 is 5.97 Å². The van der Waals surface area contributed by atoms with Crippen LogP contribution < -0.4 is 0 Å². The highest BCUT2D eigenvalue weighted by Gasteiger charge is 2.19. The second-order valence-electron chi connectivity index (χ2n) is 3.05. The van der Waals surface area contributed by atoms with Crippen LogP contribution in [-0.4, -0.2) is 21.3 Å².